The zero-order chi connectivity index (χ0) is 18.0. The Labute approximate surface area is 147 Å². The van der Waals surface area contributed by atoms with Gasteiger partial charge in [-0.2, -0.15) is 5.26 Å². The first kappa shape index (κ1) is 17.4. The molecule has 1 aromatic carbocycles. The van der Waals surface area contributed by atoms with Crippen molar-refractivity contribution >= 4 is 0 Å². The van der Waals surface area contributed by atoms with Crippen LogP contribution in [0.1, 0.15) is 43.1 Å². The van der Waals surface area contributed by atoms with E-state index in [0.29, 0.717) is 36.5 Å². The van der Waals surface area contributed by atoms with E-state index in [9.17, 15) is 10.4 Å². The Kier molecular flexibility index (Phi) is 4.75. The highest BCUT2D eigenvalue weighted by atomic mass is 16.5. The molecule has 0 amide bonds. The molecule has 132 valence electrons. The molecule has 0 radical (unpaired) electrons. The molecule has 1 aromatic heterocycles. The molecule has 7 heteroatoms. The predicted octanol–water partition coefficient (Wildman–Crippen LogP) is 1.83. The maximum Gasteiger partial charge on any atom is 0.136 e. The number of likely N-dealkylation sites (tertiary alicyclic amines) is 1. The first-order chi connectivity index (χ1) is 11.9. The average molecular weight is 341 g/mol. The van der Waals surface area contributed by atoms with Gasteiger partial charge in [0.05, 0.1) is 18.9 Å². The molecule has 1 saturated heterocycles. The fourth-order valence-corrected chi connectivity index (χ4v) is 3.16. The monoisotopic (exact) mass is 341 g/mol. The van der Waals surface area contributed by atoms with Crippen molar-refractivity contribution < 1.29 is 9.84 Å². The van der Waals surface area contributed by atoms with Crippen molar-refractivity contribution in [1.82, 2.24) is 19.9 Å². The summed E-state index contributed by atoms with van der Waals surface area (Å²) in [6, 6.07) is 7.97. The van der Waals surface area contributed by atoms with Crippen LogP contribution in [0.15, 0.2) is 24.4 Å². The summed E-state index contributed by atoms with van der Waals surface area (Å²) in [5, 5.41) is 28.4. The van der Waals surface area contributed by atoms with Gasteiger partial charge in [-0.1, -0.05) is 11.3 Å². The van der Waals surface area contributed by atoms with Crippen molar-refractivity contribution in [2.24, 2.45) is 0 Å². The summed E-state index contributed by atoms with van der Waals surface area (Å²) >= 11 is 0. The van der Waals surface area contributed by atoms with E-state index in [1.165, 1.54) is 0 Å². The highest BCUT2D eigenvalue weighted by molar-refractivity contribution is 5.45. The highest BCUT2D eigenvalue weighted by Crippen LogP contribution is 2.32. The van der Waals surface area contributed by atoms with Crippen molar-refractivity contribution in [1.29, 1.82) is 5.26 Å². The quantitative estimate of drug-likeness (QED) is 0.893. The van der Waals surface area contributed by atoms with E-state index in [4.69, 9.17) is 4.74 Å². The van der Waals surface area contributed by atoms with E-state index in [1.54, 1.807) is 11.8 Å². The fraction of sp³-hybridized carbons (Fsp3) is 0.500. The second kappa shape index (κ2) is 6.82. The number of benzene rings is 1. The van der Waals surface area contributed by atoms with Gasteiger partial charge < -0.3 is 9.84 Å². The Morgan fingerprint density at radius 2 is 2.24 bits per heavy atom. The van der Waals surface area contributed by atoms with Crippen molar-refractivity contribution in [3.05, 3.63) is 41.2 Å². The van der Waals surface area contributed by atoms with Crippen LogP contribution in [0.2, 0.25) is 0 Å². The van der Waals surface area contributed by atoms with Gasteiger partial charge in [0.25, 0.3) is 0 Å². The summed E-state index contributed by atoms with van der Waals surface area (Å²) in [5.41, 5.74) is 1.19. The van der Waals surface area contributed by atoms with E-state index < -0.39 is 5.60 Å². The Bertz CT molecular complexity index is 795. The topological polar surface area (TPSA) is 87.2 Å². The molecule has 1 aliphatic rings. The van der Waals surface area contributed by atoms with Crippen molar-refractivity contribution in [3.63, 3.8) is 0 Å². The fourth-order valence-electron chi connectivity index (χ4n) is 3.16. The van der Waals surface area contributed by atoms with Gasteiger partial charge >= 0.3 is 0 Å². The van der Waals surface area contributed by atoms with Gasteiger partial charge in [0.2, 0.25) is 0 Å². The lowest BCUT2D eigenvalue weighted by atomic mass is 10.00. The van der Waals surface area contributed by atoms with Gasteiger partial charge in [-0.25, -0.2) is 4.68 Å². The average Bonchev–Trinajstić information content (AvgIpc) is 3.23. The van der Waals surface area contributed by atoms with Gasteiger partial charge in [-0.3, -0.25) is 4.90 Å². The van der Waals surface area contributed by atoms with Crippen LogP contribution in [-0.4, -0.2) is 45.2 Å². The normalized spacial score (nSPS) is 20.8. The summed E-state index contributed by atoms with van der Waals surface area (Å²) in [7, 11) is 1.56. The standard InChI is InChI=1S/C18H23N5O2/c1-13(2)23-11-17(20-21-23)18(24)6-7-22(12-18)10-14-4-5-16(25-3)15(8-14)9-19/h4-5,8,11,13,24H,6-7,10,12H2,1-3H3/t18-/m0/s1. The highest BCUT2D eigenvalue weighted by Gasteiger charge is 2.40. The van der Waals surface area contributed by atoms with Crippen LogP contribution >= 0.6 is 0 Å². The minimum absolute atomic E-state index is 0.214. The maximum absolute atomic E-state index is 11.0. The first-order valence-electron chi connectivity index (χ1n) is 8.39. The second-order valence-corrected chi connectivity index (χ2v) is 6.82. The van der Waals surface area contributed by atoms with Gasteiger partial charge in [0, 0.05) is 25.7 Å². The number of nitriles is 1. The number of β-amino-alcohol motifs (C(OH)–C–C–N with tert-alkyl or cyclic N) is 1. The number of nitrogens with zero attached hydrogens (tertiary/aromatic N) is 5. The zero-order valence-corrected chi connectivity index (χ0v) is 14.8. The summed E-state index contributed by atoms with van der Waals surface area (Å²) in [4.78, 5) is 2.16. The van der Waals surface area contributed by atoms with E-state index in [2.05, 4.69) is 21.3 Å². The number of aromatic nitrogens is 3. The van der Waals surface area contributed by atoms with Gasteiger partial charge in [0.15, 0.2) is 0 Å². The maximum atomic E-state index is 11.0. The molecule has 25 heavy (non-hydrogen) atoms. The third-order valence-corrected chi connectivity index (χ3v) is 4.63. The van der Waals surface area contributed by atoms with Gasteiger partial charge in [-0.05, 0) is 38.0 Å². The summed E-state index contributed by atoms with van der Waals surface area (Å²) in [5.74, 6) is 0.578. The SMILES string of the molecule is COc1ccc(CN2CC[C@@](O)(c3cn(C(C)C)nn3)C2)cc1C#N. The summed E-state index contributed by atoms with van der Waals surface area (Å²) in [6.45, 7) is 5.98. The molecule has 1 aliphatic heterocycles. The second-order valence-electron chi connectivity index (χ2n) is 6.82. The van der Waals surface area contributed by atoms with Crippen LogP contribution < -0.4 is 4.74 Å². The van der Waals surface area contributed by atoms with E-state index in [1.807, 2.05) is 38.2 Å². The lowest BCUT2D eigenvalue weighted by molar-refractivity contribution is 0.0408. The van der Waals surface area contributed by atoms with Crippen molar-refractivity contribution in [2.75, 3.05) is 20.2 Å². The number of aliphatic hydroxyl groups is 1. The first-order valence-corrected chi connectivity index (χ1v) is 8.39. The van der Waals surface area contributed by atoms with Crippen molar-refractivity contribution in [3.8, 4) is 11.8 Å². The Morgan fingerprint density at radius 3 is 2.88 bits per heavy atom. The van der Waals surface area contributed by atoms with Crippen LogP contribution in [0.5, 0.6) is 5.75 Å². The molecule has 0 bridgehead atoms. The molecule has 0 aliphatic carbocycles. The molecule has 1 N–H and O–H groups in total. The minimum Gasteiger partial charge on any atom is -0.495 e. The van der Waals surface area contributed by atoms with Gasteiger partial charge in [0.1, 0.15) is 23.1 Å². The Balaban J connectivity index is 1.71. The molecule has 2 aromatic rings. The third-order valence-electron chi connectivity index (χ3n) is 4.63. The molecule has 0 unspecified atom stereocenters. The van der Waals surface area contributed by atoms with Crippen LogP contribution in [0.4, 0.5) is 0 Å². The number of rotatable bonds is 5. The van der Waals surface area contributed by atoms with Crippen LogP contribution in [0, 0.1) is 11.3 Å². The van der Waals surface area contributed by atoms with E-state index in [0.717, 1.165) is 12.1 Å². The molecule has 3 rings (SSSR count). The molecular weight excluding hydrogens is 318 g/mol. The lowest BCUT2D eigenvalue weighted by Gasteiger charge is -2.21. The zero-order valence-electron chi connectivity index (χ0n) is 14.8. The van der Waals surface area contributed by atoms with Gasteiger partial charge in [-0.15, -0.1) is 5.10 Å². The molecule has 0 saturated carbocycles. The van der Waals surface area contributed by atoms with E-state index >= 15 is 0 Å². The molecule has 0 spiro atoms. The minimum atomic E-state index is -0.975. The molecule has 7 nitrogen and oxygen atoms in total. The number of hydrogen-bond donors (Lipinski definition) is 1. The largest absolute Gasteiger partial charge is 0.495 e. The molecular formula is C18H23N5O2. The molecule has 1 atom stereocenters. The Hall–Kier alpha value is -2.43. The van der Waals surface area contributed by atoms with Crippen LogP contribution in [-0.2, 0) is 12.1 Å². The van der Waals surface area contributed by atoms with Crippen molar-refractivity contribution in [2.45, 2.75) is 38.5 Å². The third kappa shape index (κ3) is 3.50. The van der Waals surface area contributed by atoms with E-state index in [-0.39, 0.29) is 6.04 Å². The Morgan fingerprint density at radius 1 is 1.44 bits per heavy atom. The molecule has 1 fully saturated rings. The smallest absolute Gasteiger partial charge is 0.136 e. The number of hydrogen-bond acceptors (Lipinski definition) is 6. The van der Waals surface area contributed by atoms with Crippen LogP contribution in [0.25, 0.3) is 0 Å². The number of ether oxygens (including phenoxy) is 1. The predicted molar refractivity (Wildman–Crippen MR) is 91.9 cm³/mol. The molecule has 2 heterocycles. The van der Waals surface area contributed by atoms with Crippen LogP contribution in [0.3, 0.4) is 0 Å². The lowest BCUT2D eigenvalue weighted by Crippen LogP contribution is -2.31. The summed E-state index contributed by atoms with van der Waals surface area (Å²) in [6.07, 6.45) is 2.44. The summed E-state index contributed by atoms with van der Waals surface area (Å²) < 4.78 is 6.94. The number of methoxy groups -OCH3 is 1.